The molecule has 3 nitrogen and oxygen atoms in total. The number of rotatable bonds is 3. The first kappa shape index (κ1) is 13.5. The number of nitrogens with one attached hydrogen (secondary N) is 1. The highest BCUT2D eigenvalue weighted by atomic mass is 79.9. The lowest BCUT2D eigenvalue weighted by atomic mass is 10.1. The van der Waals surface area contributed by atoms with Gasteiger partial charge in [-0.15, -0.1) is 0 Å². The number of aromatic hydroxyl groups is 1. The van der Waals surface area contributed by atoms with E-state index in [4.69, 9.17) is 5.11 Å². The lowest BCUT2D eigenvalue weighted by Gasteiger charge is -2.07. The fourth-order valence-corrected chi connectivity index (χ4v) is 1.97. The third-order valence-corrected chi connectivity index (χ3v) is 3.18. The topological polar surface area (TPSA) is 49.3 Å². The summed E-state index contributed by atoms with van der Waals surface area (Å²) >= 11 is 3.32. The van der Waals surface area contributed by atoms with Gasteiger partial charge < -0.3 is 10.4 Å². The van der Waals surface area contributed by atoms with E-state index in [9.17, 15) is 9.18 Å². The van der Waals surface area contributed by atoms with Crippen LogP contribution in [0, 0.1) is 5.82 Å². The number of amides is 1. The fraction of sp³-hybridized carbons (Fsp3) is 0.0714. The number of carbonyl (C=O) groups is 1. The second-order valence-corrected chi connectivity index (χ2v) is 4.51. The number of halogens is 2. The Bertz CT molecular complexity index is 616. The molecule has 0 saturated carbocycles. The van der Waals surface area contributed by atoms with Crippen LogP contribution in [0.15, 0.2) is 42.5 Å². The highest BCUT2D eigenvalue weighted by Gasteiger charge is 2.12. The van der Waals surface area contributed by atoms with Gasteiger partial charge in [0, 0.05) is 17.1 Å². The maximum atomic E-state index is 13.5. The molecule has 0 saturated heterocycles. The van der Waals surface area contributed by atoms with Gasteiger partial charge in [0.15, 0.2) is 0 Å². The van der Waals surface area contributed by atoms with Gasteiger partial charge in [0.25, 0.3) is 5.91 Å². The largest absolute Gasteiger partial charge is 0.508 e. The second kappa shape index (κ2) is 5.84. The van der Waals surface area contributed by atoms with Crippen molar-refractivity contribution in [3.05, 3.63) is 59.4 Å². The monoisotopic (exact) mass is 323 g/mol. The summed E-state index contributed by atoms with van der Waals surface area (Å²) in [7, 11) is 0. The molecule has 0 heterocycles. The smallest absolute Gasteiger partial charge is 0.258 e. The number of alkyl halides is 1. The molecule has 2 aromatic carbocycles. The van der Waals surface area contributed by atoms with Crippen molar-refractivity contribution in [2.45, 2.75) is 5.33 Å². The van der Waals surface area contributed by atoms with Crippen LogP contribution in [0.1, 0.15) is 15.9 Å². The summed E-state index contributed by atoms with van der Waals surface area (Å²) < 4.78 is 13.5. The predicted molar refractivity (Wildman–Crippen MR) is 75.1 cm³/mol. The summed E-state index contributed by atoms with van der Waals surface area (Å²) in [5.74, 6) is -1.52. The van der Waals surface area contributed by atoms with Crippen molar-refractivity contribution < 1.29 is 14.3 Å². The van der Waals surface area contributed by atoms with Gasteiger partial charge in [0.1, 0.15) is 11.6 Å². The number of phenolic OH excluding ortho intramolecular Hbond substituents is 1. The van der Waals surface area contributed by atoms with Crippen molar-refractivity contribution in [1.82, 2.24) is 0 Å². The van der Waals surface area contributed by atoms with Gasteiger partial charge in [0.2, 0.25) is 0 Å². The Labute approximate surface area is 118 Å². The van der Waals surface area contributed by atoms with Gasteiger partial charge in [-0.1, -0.05) is 28.1 Å². The fourth-order valence-electron chi connectivity index (χ4n) is 1.62. The minimum atomic E-state index is -0.755. The molecule has 0 aliphatic heterocycles. The van der Waals surface area contributed by atoms with Crippen LogP contribution in [0.3, 0.4) is 0 Å². The van der Waals surface area contributed by atoms with Gasteiger partial charge >= 0.3 is 0 Å². The second-order valence-electron chi connectivity index (χ2n) is 3.95. The Hall–Kier alpha value is -1.88. The molecule has 5 heteroatoms. The number of benzene rings is 2. The predicted octanol–water partition coefficient (Wildman–Crippen LogP) is 3.68. The average Bonchev–Trinajstić information content (AvgIpc) is 2.38. The lowest BCUT2D eigenvalue weighted by Crippen LogP contribution is -2.13. The van der Waals surface area contributed by atoms with E-state index in [0.29, 0.717) is 11.0 Å². The molecule has 0 aromatic heterocycles. The van der Waals surface area contributed by atoms with E-state index in [2.05, 4.69) is 21.2 Å². The van der Waals surface area contributed by atoms with Crippen molar-refractivity contribution in [2.24, 2.45) is 0 Å². The summed E-state index contributed by atoms with van der Waals surface area (Å²) in [6.07, 6.45) is 0. The summed E-state index contributed by atoms with van der Waals surface area (Å²) in [6, 6.07) is 10.7. The minimum Gasteiger partial charge on any atom is -0.508 e. The highest BCUT2D eigenvalue weighted by Crippen LogP contribution is 2.18. The van der Waals surface area contributed by atoms with Crippen LogP contribution in [-0.4, -0.2) is 11.0 Å². The van der Waals surface area contributed by atoms with Gasteiger partial charge in [-0.05, 0) is 29.8 Å². The van der Waals surface area contributed by atoms with Crippen molar-refractivity contribution in [2.75, 3.05) is 5.32 Å². The first-order valence-corrected chi connectivity index (χ1v) is 6.67. The molecule has 1 amide bonds. The lowest BCUT2D eigenvalue weighted by molar-refractivity contribution is 0.102. The Morgan fingerprint density at radius 1 is 1.26 bits per heavy atom. The van der Waals surface area contributed by atoms with Crippen LogP contribution in [0.25, 0.3) is 0 Å². The van der Waals surface area contributed by atoms with Crippen molar-refractivity contribution >= 4 is 27.5 Å². The third kappa shape index (κ3) is 3.32. The van der Waals surface area contributed by atoms with Crippen molar-refractivity contribution in [1.29, 1.82) is 0 Å². The molecule has 0 atom stereocenters. The van der Waals surface area contributed by atoms with E-state index < -0.39 is 11.7 Å². The van der Waals surface area contributed by atoms with E-state index >= 15 is 0 Å². The molecule has 2 aromatic rings. The standard InChI is InChI=1S/C14H11BrFNO2/c15-8-9-2-1-3-10(6-9)17-14(19)12-5-4-11(18)7-13(12)16/h1-7,18H,8H2,(H,17,19). The molecule has 0 spiro atoms. The molecule has 0 aliphatic carbocycles. The highest BCUT2D eigenvalue weighted by molar-refractivity contribution is 9.08. The Morgan fingerprint density at radius 3 is 2.74 bits per heavy atom. The number of hydrogen-bond acceptors (Lipinski definition) is 2. The SMILES string of the molecule is O=C(Nc1cccc(CBr)c1)c1ccc(O)cc1F. The van der Waals surface area contributed by atoms with Gasteiger partial charge in [-0.25, -0.2) is 4.39 Å². The Balaban J connectivity index is 2.20. The van der Waals surface area contributed by atoms with Crippen LogP contribution in [-0.2, 0) is 5.33 Å². The van der Waals surface area contributed by atoms with E-state index in [-0.39, 0.29) is 11.3 Å². The molecular formula is C14H11BrFNO2. The zero-order valence-electron chi connectivity index (χ0n) is 9.86. The number of carbonyl (C=O) groups excluding carboxylic acids is 1. The average molecular weight is 324 g/mol. The molecule has 2 rings (SSSR count). The maximum absolute atomic E-state index is 13.5. The van der Waals surface area contributed by atoms with Crippen molar-refractivity contribution in [3.8, 4) is 5.75 Å². The Kier molecular flexibility index (Phi) is 4.16. The zero-order valence-corrected chi connectivity index (χ0v) is 11.4. The van der Waals surface area contributed by atoms with Gasteiger partial charge in [-0.2, -0.15) is 0 Å². The molecular weight excluding hydrogens is 313 g/mol. The molecule has 0 radical (unpaired) electrons. The van der Waals surface area contributed by atoms with E-state index in [1.807, 2.05) is 6.07 Å². The number of hydrogen-bond donors (Lipinski definition) is 2. The minimum absolute atomic E-state index is 0.109. The molecule has 98 valence electrons. The zero-order chi connectivity index (χ0) is 13.8. The Morgan fingerprint density at radius 2 is 2.05 bits per heavy atom. The summed E-state index contributed by atoms with van der Waals surface area (Å²) in [6.45, 7) is 0. The quantitative estimate of drug-likeness (QED) is 0.846. The van der Waals surface area contributed by atoms with Crippen LogP contribution >= 0.6 is 15.9 Å². The summed E-state index contributed by atoms with van der Waals surface area (Å²) in [5.41, 5.74) is 1.49. The maximum Gasteiger partial charge on any atom is 0.258 e. The van der Waals surface area contributed by atoms with E-state index in [1.54, 1.807) is 18.2 Å². The molecule has 0 unspecified atom stereocenters. The van der Waals surface area contributed by atoms with E-state index in [1.165, 1.54) is 12.1 Å². The van der Waals surface area contributed by atoms with Crippen molar-refractivity contribution in [3.63, 3.8) is 0 Å². The number of phenols is 1. The van der Waals surface area contributed by atoms with Crippen LogP contribution in [0.2, 0.25) is 0 Å². The third-order valence-electron chi connectivity index (χ3n) is 2.54. The van der Waals surface area contributed by atoms with Crippen LogP contribution in [0.4, 0.5) is 10.1 Å². The normalized spacial score (nSPS) is 10.2. The van der Waals surface area contributed by atoms with Crippen LogP contribution in [0.5, 0.6) is 5.75 Å². The van der Waals surface area contributed by atoms with Crippen LogP contribution < -0.4 is 5.32 Å². The first-order valence-electron chi connectivity index (χ1n) is 5.55. The first-order chi connectivity index (χ1) is 9.10. The van der Waals surface area contributed by atoms with Gasteiger partial charge in [0.05, 0.1) is 5.56 Å². The molecule has 2 N–H and O–H groups in total. The number of anilines is 1. The molecule has 0 aliphatic rings. The summed E-state index contributed by atoms with van der Waals surface area (Å²) in [4.78, 5) is 11.9. The summed E-state index contributed by atoms with van der Waals surface area (Å²) in [5, 5.41) is 12.4. The molecule has 0 bridgehead atoms. The molecule has 0 fully saturated rings. The molecule has 19 heavy (non-hydrogen) atoms. The van der Waals surface area contributed by atoms with E-state index in [0.717, 1.165) is 11.6 Å². The van der Waals surface area contributed by atoms with Gasteiger partial charge in [-0.3, -0.25) is 4.79 Å².